The number of rotatable bonds is 4. The molecular weight excluding hydrogens is 240 g/mol. The summed E-state index contributed by atoms with van der Waals surface area (Å²) in [6, 6.07) is 0. The van der Waals surface area contributed by atoms with Gasteiger partial charge < -0.3 is 15.8 Å². The van der Waals surface area contributed by atoms with Crippen LogP contribution in [-0.4, -0.2) is 51.3 Å². The van der Waals surface area contributed by atoms with Gasteiger partial charge in [-0.25, -0.2) is 8.42 Å². The normalized spacial score (nSPS) is 31.5. The zero-order chi connectivity index (χ0) is 12.4. The largest absolute Gasteiger partial charge is 0.377 e. The number of ether oxygens (including phenoxy) is 1. The van der Waals surface area contributed by atoms with Gasteiger partial charge >= 0.3 is 0 Å². The summed E-state index contributed by atoms with van der Waals surface area (Å²) in [6.45, 7) is 2.13. The summed E-state index contributed by atoms with van der Waals surface area (Å²) < 4.78 is 28.4. The first-order valence-corrected chi connectivity index (χ1v) is 8.15. The molecule has 2 heterocycles. The van der Waals surface area contributed by atoms with Gasteiger partial charge in [-0.2, -0.15) is 0 Å². The second kappa shape index (κ2) is 5.22. The van der Waals surface area contributed by atoms with Gasteiger partial charge in [-0.3, -0.25) is 0 Å². The first kappa shape index (κ1) is 13.3. The first-order chi connectivity index (χ1) is 8.05. The number of nitrogens with two attached hydrogens (primary N) is 1. The van der Waals surface area contributed by atoms with Gasteiger partial charge in [0.1, 0.15) is 9.84 Å². The number of sulfone groups is 1. The highest BCUT2D eigenvalue weighted by Gasteiger charge is 2.36. The summed E-state index contributed by atoms with van der Waals surface area (Å²) in [7, 11) is -2.83. The molecule has 3 N–H and O–H groups in total. The summed E-state index contributed by atoms with van der Waals surface area (Å²) in [5.74, 6) is 0.505. The summed E-state index contributed by atoms with van der Waals surface area (Å²) >= 11 is 0. The van der Waals surface area contributed by atoms with Crippen LogP contribution in [0.15, 0.2) is 0 Å². The Morgan fingerprint density at radius 3 is 2.59 bits per heavy atom. The zero-order valence-electron chi connectivity index (χ0n) is 10.2. The molecular formula is C11H22N2O3S. The number of nitrogens with one attached hydrogen (secondary N) is 1. The van der Waals surface area contributed by atoms with Crippen LogP contribution in [0.2, 0.25) is 0 Å². The Morgan fingerprint density at radius 1 is 1.35 bits per heavy atom. The maximum Gasteiger partial charge on any atom is 0.150 e. The van der Waals surface area contributed by atoms with Crippen molar-refractivity contribution in [1.82, 2.24) is 5.32 Å². The minimum absolute atomic E-state index is 0.197. The second-order valence-corrected chi connectivity index (χ2v) is 7.46. The monoisotopic (exact) mass is 262 g/mol. The van der Waals surface area contributed by atoms with Crippen LogP contribution in [0.25, 0.3) is 0 Å². The van der Waals surface area contributed by atoms with E-state index in [0.29, 0.717) is 19.4 Å². The van der Waals surface area contributed by atoms with Crippen LogP contribution < -0.4 is 11.1 Å². The van der Waals surface area contributed by atoms with Crippen molar-refractivity contribution >= 4 is 9.84 Å². The van der Waals surface area contributed by atoms with Crippen LogP contribution in [-0.2, 0) is 14.6 Å². The van der Waals surface area contributed by atoms with Gasteiger partial charge in [-0.15, -0.1) is 0 Å². The number of hydrogen-bond acceptors (Lipinski definition) is 5. The van der Waals surface area contributed by atoms with E-state index in [9.17, 15) is 8.42 Å². The molecule has 1 unspecified atom stereocenters. The van der Waals surface area contributed by atoms with Crippen molar-refractivity contribution in [2.45, 2.75) is 37.3 Å². The lowest BCUT2D eigenvalue weighted by Gasteiger charge is -2.37. The molecule has 0 aromatic rings. The highest BCUT2D eigenvalue weighted by atomic mass is 32.2. The first-order valence-electron chi connectivity index (χ1n) is 6.32. The van der Waals surface area contributed by atoms with E-state index in [4.69, 9.17) is 10.5 Å². The Labute approximate surface area is 103 Å². The molecule has 0 bridgehead atoms. The Bertz CT molecular complexity index is 336. The van der Waals surface area contributed by atoms with E-state index in [1.165, 1.54) is 0 Å². The predicted molar refractivity (Wildman–Crippen MR) is 66.6 cm³/mol. The highest BCUT2D eigenvalue weighted by Crippen LogP contribution is 2.23. The molecule has 100 valence electrons. The lowest BCUT2D eigenvalue weighted by Crippen LogP contribution is -2.57. The van der Waals surface area contributed by atoms with E-state index in [1.54, 1.807) is 0 Å². The molecule has 17 heavy (non-hydrogen) atoms. The van der Waals surface area contributed by atoms with E-state index in [0.717, 1.165) is 26.0 Å². The second-order valence-electron chi connectivity index (χ2n) is 5.15. The van der Waals surface area contributed by atoms with Gasteiger partial charge in [0.2, 0.25) is 0 Å². The predicted octanol–water partition coefficient (Wildman–Crippen LogP) is -0.339. The SMILES string of the molecule is NCC1(NCC2CCCO2)CCS(=O)(=O)CC1. The topological polar surface area (TPSA) is 81.4 Å². The molecule has 6 heteroatoms. The van der Waals surface area contributed by atoms with Crippen LogP contribution >= 0.6 is 0 Å². The average molecular weight is 262 g/mol. The lowest BCUT2D eigenvalue weighted by atomic mass is 9.92. The summed E-state index contributed by atoms with van der Waals surface area (Å²) in [5.41, 5.74) is 5.62. The van der Waals surface area contributed by atoms with Gasteiger partial charge in [0.15, 0.2) is 0 Å². The molecule has 0 aromatic carbocycles. The minimum Gasteiger partial charge on any atom is -0.377 e. The third-order valence-corrected chi connectivity index (χ3v) is 5.55. The molecule has 0 aromatic heterocycles. The summed E-state index contributed by atoms with van der Waals surface area (Å²) in [4.78, 5) is 0. The minimum atomic E-state index is -2.83. The molecule has 2 fully saturated rings. The van der Waals surface area contributed by atoms with Crippen molar-refractivity contribution in [2.75, 3.05) is 31.2 Å². The Balaban J connectivity index is 1.87. The fourth-order valence-electron chi connectivity index (χ4n) is 2.52. The Morgan fingerprint density at radius 2 is 2.06 bits per heavy atom. The van der Waals surface area contributed by atoms with E-state index < -0.39 is 9.84 Å². The molecule has 2 saturated heterocycles. The lowest BCUT2D eigenvalue weighted by molar-refractivity contribution is 0.0995. The fraction of sp³-hybridized carbons (Fsp3) is 1.00. The van der Waals surface area contributed by atoms with Gasteiger partial charge in [-0.1, -0.05) is 0 Å². The third-order valence-electron chi connectivity index (χ3n) is 3.90. The number of hydrogen-bond donors (Lipinski definition) is 2. The maximum atomic E-state index is 11.4. The third kappa shape index (κ3) is 3.40. The van der Waals surface area contributed by atoms with Crippen molar-refractivity contribution in [3.8, 4) is 0 Å². The summed E-state index contributed by atoms with van der Waals surface area (Å²) in [6.07, 6.45) is 3.73. The van der Waals surface area contributed by atoms with E-state index >= 15 is 0 Å². The molecule has 0 aliphatic carbocycles. The quantitative estimate of drug-likeness (QED) is 0.724. The average Bonchev–Trinajstić information content (AvgIpc) is 2.82. The van der Waals surface area contributed by atoms with Crippen LogP contribution in [0.3, 0.4) is 0 Å². The van der Waals surface area contributed by atoms with Crippen LogP contribution in [0.1, 0.15) is 25.7 Å². The van der Waals surface area contributed by atoms with Crippen molar-refractivity contribution in [3.05, 3.63) is 0 Å². The standard InChI is InChI=1S/C11H22N2O3S/c12-9-11(3-6-17(14,15)7-4-11)13-8-10-2-1-5-16-10/h10,13H,1-9,12H2. The zero-order valence-corrected chi connectivity index (χ0v) is 11.0. The van der Waals surface area contributed by atoms with Crippen molar-refractivity contribution in [3.63, 3.8) is 0 Å². The molecule has 0 saturated carbocycles. The smallest absolute Gasteiger partial charge is 0.150 e. The van der Waals surface area contributed by atoms with Gasteiger partial charge in [0.25, 0.3) is 0 Å². The Hall–Kier alpha value is -0.170. The molecule has 5 nitrogen and oxygen atoms in total. The molecule has 2 rings (SSSR count). The van der Waals surface area contributed by atoms with Crippen molar-refractivity contribution in [2.24, 2.45) is 5.73 Å². The van der Waals surface area contributed by atoms with Gasteiger partial charge in [0, 0.05) is 25.2 Å². The van der Waals surface area contributed by atoms with E-state index in [-0.39, 0.29) is 23.1 Å². The summed E-state index contributed by atoms with van der Waals surface area (Å²) in [5, 5.41) is 3.45. The van der Waals surface area contributed by atoms with Crippen LogP contribution in [0.5, 0.6) is 0 Å². The van der Waals surface area contributed by atoms with Crippen LogP contribution in [0, 0.1) is 0 Å². The van der Waals surface area contributed by atoms with Crippen LogP contribution in [0.4, 0.5) is 0 Å². The van der Waals surface area contributed by atoms with Crippen molar-refractivity contribution in [1.29, 1.82) is 0 Å². The highest BCUT2D eigenvalue weighted by molar-refractivity contribution is 7.91. The fourth-order valence-corrected chi connectivity index (χ4v) is 4.13. The molecule has 0 spiro atoms. The molecule has 2 aliphatic rings. The van der Waals surface area contributed by atoms with E-state index in [2.05, 4.69) is 5.32 Å². The molecule has 0 amide bonds. The molecule has 1 atom stereocenters. The van der Waals surface area contributed by atoms with Gasteiger partial charge in [-0.05, 0) is 25.7 Å². The van der Waals surface area contributed by atoms with Crippen molar-refractivity contribution < 1.29 is 13.2 Å². The Kier molecular flexibility index (Phi) is 4.07. The maximum absolute atomic E-state index is 11.4. The molecule has 0 radical (unpaired) electrons. The van der Waals surface area contributed by atoms with Gasteiger partial charge in [0.05, 0.1) is 17.6 Å². The van der Waals surface area contributed by atoms with E-state index in [1.807, 2.05) is 0 Å². The molecule has 2 aliphatic heterocycles.